The molecule has 3 heterocycles. The van der Waals surface area contributed by atoms with E-state index < -0.39 is 0 Å². The van der Waals surface area contributed by atoms with Crippen LogP contribution in [0, 0.1) is 12.8 Å². The molecule has 2 aliphatic heterocycles. The van der Waals surface area contributed by atoms with Gasteiger partial charge in [-0.2, -0.15) is 0 Å². The number of piperidine rings is 1. The van der Waals surface area contributed by atoms with Gasteiger partial charge in [-0.25, -0.2) is 4.98 Å². The summed E-state index contributed by atoms with van der Waals surface area (Å²) in [4.78, 5) is 19.8. The van der Waals surface area contributed by atoms with E-state index >= 15 is 0 Å². The molecule has 1 amide bonds. The third kappa shape index (κ3) is 5.97. The predicted molar refractivity (Wildman–Crippen MR) is 125 cm³/mol. The first-order chi connectivity index (χ1) is 15.1. The molecule has 31 heavy (non-hydrogen) atoms. The van der Waals surface area contributed by atoms with Crippen LogP contribution in [0.15, 0.2) is 36.5 Å². The maximum absolute atomic E-state index is 12.9. The van der Waals surface area contributed by atoms with E-state index in [1.807, 2.05) is 25.1 Å². The Morgan fingerprint density at radius 1 is 1.16 bits per heavy atom. The van der Waals surface area contributed by atoms with Crippen LogP contribution in [0.1, 0.15) is 41.6 Å². The standard InChI is InChI=1S/C24H31ClN4O2/c1-17-2-5-23(27-15-17)28-24(30)21-14-19(25)3-4-22(21)26-16-18-6-10-29(11-7-18)20-8-12-31-13-9-20/h2-5,14-15,18,20,26H,6-13,16H2,1H3,(H,27,28,30). The van der Waals surface area contributed by atoms with Crippen molar-refractivity contribution < 1.29 is 9.53 Å². The minimum absolute atomic E-state index is 0.212. The second-order valence-electron chi connectivity index (χ2n) is 8.57. The quantitative estimate of drug-likeness (QED) is 0.684. The van der Waals surface area contributed by atoms with Crippen LogP contribution < -0.4 is 10.6 Å². The molecule has 0 spiro atoms. The number of hydrogen-bond donors (Lipinski definition) is 2. The predicted octanol–water partition coefficient (Wildman–Crippen LogP) is 4.60. The van der Waals surface area contributed by atoms with Crippen molar-refractivity contribution in [3.63, 3.8) is 0 Å². The number of likely N-dealkylation sites (tertiary alicyclic amines) is 1. The van der Waals surface area contributed by atoms with E-state index in [1.165, 1.54) is 12.8 Å². The molecule has 4 rings (SSSR count). The first-order valence-electron chi connectivity index (χ1n) is 11.2. The lowest BCUT2D eigenvalue weighted by atomic mass is 9.94. The Morgan fingerprint density at radius 3 is 2.65 bits per heavy atom. The van der Waals surface area contributed by atoms with Crippen LogP contribution >= 0.6 is 11.6 Å². The number of amides is 1. The van der Waals surface area contributed by atoms with Crippen LogP contribution in [0.25, 0.3) is 0 Å². The molecule has 0 radical (unpaired) electrons. The van der Waals surface area contributed by atoms with Gasteiger partial charge < -0.3 is 20.3 Å². The molecule has 7 heteroatoms. The van der Waals surface area contributed by atoms with E-state index in [4.69, 9.17) is 16.3 Å². The number of nitrogens with zero attached hydrogens (tertiary/aromatic N) is 2. The Bertz CT molecular complexity index is 876. The fourth-order valence-corrected chi connectivity index (χ4v) is 4.58. The molecular formula is C24H31ClN4O2. The fourth-order valence-electron chi connectivity index (χ4n) is 4.41. The summed E-state index contributed by atoms with van der Waals surface area (Å²) in [5.41, 5.74) is 2.39. The highest BCUT2D eigenvalue weighted by atomic mass is 35.5. The largest absolute Gasteiger partial charge is 0.384 e. The molecule has 0 atom stereocenters. The molecule has 0 bridgehead atoms. The number of carbonyl (C=O) groups excluding carboxylic acids is 1. The molecule has 2 aliphatic rings. The van der Waals surface area contributed by atoms with Crippen molar-refractivity contribution in [1.82, 2.24) is 9.88 Å². The molecule has 1 aromatic carbocycles. The number of aryl methyl sites for hydroxylation is 1. The summed E-state index contributed by atoms with van der Waals surface area (Å²) in [5.74, 6) is 0.916. The first-order valence-corrected chi connectivity index (χ1v) is 11.6. The normalized spacial score (nSPS) is 18.6. The third-order valence-electron chi connectivity index (χ3n) is 6.32. The Labute approximate surface area is 189 Å². The monoisotopic (exact) mass is 442 g/mol. The lowest BCUT2D eigenvalue weighted by Gasteiger charge is -2.39. The molecule has 2 N–H and O–H groups in total. The molecule has 2 saturated heterocycles. The summed E-state index contributed by atoms with van der Waals surface area (Å²) in [5, 5.41) is 6.91. The van der Waals surface area contributed by atoms with Crippen molar-refractivity contribution in [3.8, 4) is 0 Å². The molecule has 2 fully saturated rings. The van der Waals surface area contributed by atoms with Crippen LogP contribution in [0.2, 0.25) is 5.02 Å². The van der Waals surface area contributed by atoms with Gasteiger partial charge in [-0.05, 0) is 81.4 Å². The van der Waals surface area contributed by atoms with E-state index in [1.54, 1.807) is 18.3 Å². The average molecular weight is 443 g/mol. The third-order valence-corrected chi connectivity index (χ3v) is 6.55. The van der Waals surface area contributed by atoms with Gasteiger partial charge in [0.15, 0.2) is 0 Å². The summed E-state index contributed by atoms with van der Waals surface area (Å²) in [6.45, 7) is 6.89. The van der Waals surface area contributed by atoms with Crippen LogP contribution in [-0.4, -0.2) is 54.7 Å². The van der Waals surface area contributed by atoms with Gasteiger partial charge in [0.05, 0.1) is 5.56 Å². The van der Waals surface area contributed by atoms with Gasteiger partial charge in [0.1, 0.15) is 5.82 Å². The number of anilines is 2. The number of nitrogens with one attached hydrogen (secondary N) is 2. The maximum Gasteiger partial charge on any atom is 0.258 e. The van der Waals surface area contributed by atoms with E-state index in [0.29, 0.717) is 28.4 Å². The number of carbonyl (C=O) groups is 1. The Morgan fingerprint density at radius 2 is 1.94 bits per heavy atom. The molecule has 0 aliphatic carbocycles. The van der Waals surface area contributed by atoms with Crippen molar-refractivity contribution in [2.45, 2.75) is 38.6 Å². The van der Waals surface area contributed by atoms with Crippen LogP contribution in [0.3, 0.4) is 0 Å². The van der Waals surface area contributed by atoms with Crippen molar-refractivity contribution in [1.29, 1.82) is 0 Å². The Kier molecular flexibility index (Phi) is 7.43. The van der Waals surface area contributed by atoms with Gasteiger partial charge in [-0.15, -0.1) is 0 Å². The zero-order valence-corrected chi connectivity index (χ0v) is 18.8. The summed E-state index contributed by atoms with van der Waals surface area (Å²) >= 11 is 6.19. The summed E-state index contributed by atoms with van der Waals surface area (Å²) in [7, 11) is 0. The number of benzene rings is 1. The molecule has 2 aromatic rings. The molecule has 0 unspecified atom stereocenters. The van der Waals surface area contributed by atoms with E-state index in [-0.39, 0.29) is 5.91 Å². The minimum atomic E-state index is -0.212. The lowest BCUT2D eigenvalue weighted by Crippen LogP contribution is -2.44. The van der Waals surface area contributed by atoms with Gasteiger partial charge in [-0.1, -0.05) is 17.7 Å². The molecule has 0 saturated carbocycles. The van der Waals surface area contributed by atoms with Crippen molar-refractivity contribution in [3.05, 3.63) is 52.7 Å². The van der Waals surface area contributed by atoms with Crippen molar-refractivity contribution in [2.24, 2.45) is 5.92 Å². The van der Waals surface area contributed by atoms with E-state index in [9.17, 15) is 4.79 Å². The van der Waals surface area contributed by atoms with E-state index in [0.717, 1.165) is 56.9 Å². The van der Waals surface area contributed by atoms with Gasteiger partial charge in [0, 0.05) is 42.7 Å². The topological polar surface area (TPSA) is 66.5 Å². The highest BCUT2D eigenvalue weighted by Gasteiger charge is 2.26. The number of hydrogen-bond acceptors (Lipinski definition) is 5. The molecule has 166 valence electrons. The maximum atomic E-state index is 12.9. The summed E-state index contributed by atoms with van der Waals surface area (Å²) in [6.07, 6.45) is 6.39. The second kappa shape index (κ2) is 10.4. The van der Waals surface area contributed by atoms with Crippen molar-refractivity contribution >= 4 is 29.0 Å². The Balaban J connectivity index is 1.33. The summed E-state index contributed by atoms with van der Waals surface area (Å²) < 4.78 is 5.50. The number of pyridine rings is 1. The van der Waals surface area contributed by atoms with Crippen LogP contribution in [0.5, 0.6) is 0 Å². The zero-order chi connectivity index (χ0) is 21.6. The minimum Gasteiger partial charge on any atom is -0.384 e. The lowest BCUT2D eigenvalue weighted by molar-refractivity contribution is 0.0219. The Hall–Kier alpha value is -2.15. The smallest absolute Gasteiger partial charge is 0.258 e. The highest BCUT2D eigenvalue weighted by Crippen LogP contribution is 2.26. The average Bonchev–Trinajstić information content (AvgIpc) is 2.80. The molecule has 1 aromatic heterocycles. The van der Waals surface area contributed by atoms with Gasteiger partial charge in [0.2, 0.25) is 0 Å². The van der Waals surface area contributed by atoms with Crippen molar-refractivity contribution in [2.75, 3.05) is 43.5 Å². The van der Waals surface area contributed by atoms with Crippen LogP contribution in [0.4, 0.5) is 11.5 Å². The summed E-state index contributed by atoms with van der Waals surface area (Å²) in [6, 6.07) is 9.82. The number of ether oxygens (including phenoxy) is 1. The number of rotatable bonds is 6. The second-order valence-corrected chi connectivity index (χ2v) is 9.01. The van der Waals surface area contributed by atoms with Gasteiger partial charge >= 0.3 is 0 Å². The van der Waals surface area contributed by atoms with Gasteiger partial charge in [-0.3, -0.25) is 4.79 Å². The van der Waals surface area contributed by atoms with Crippen LogP contribution in [-0.2, 0) is 4.74 Å². The SMILES string of the molecule is Cc1ccc(NC(=O)c2cc(Cl)ccc2NCC2CCN(C3CCOCC3)CC2)nc1. The fraction of sp³-hybridized carbons (Fsp3) is 0.500. The zero-order valence-electron chi connectivity index (χ0n) is 18.1. The highest BCUT2D eigenvalue weighted by molar-refractivity contribution is 6.31. The molecular weight excluding hydrogens is 412 g/mol. The molecule has 6 nitrogen and oxygen atoms in total. The van der Waals surface area contributed by atoms with E-state index in [2.05, 4.69) is 20.5 Å². The van der Waals surface area contributed by atoms with Gasteiger partial charge in [0.25, 0.3) is 5.91 Å². The number of aromatic nitrogens is 1. The first kappa shape index (κ1) is 22.1. The number of halogens is 1.